The van der Waals surface area contributed by atoms with Crippen molar-refractivity contribution in [2.45, 2.75) is 39.0 Å². The van der Waals surface area contributed by atoms with Crippen LogP contribution >= 0.6 is 11.8 Å². The summed E-state index contributed by atoms with van der Waals surface area (Å²) in [6, 6.07) is 20.2. The Hall–Kier alpha value is -4.83. The highest BCUT2D eigenvalue weighted by molar-refractivity contribution is 8.14. The number of alkyl halides is 3. The summed E-state index contributed by atoms with van der Waals surface area (Å²) in [5.74, 6) is 0.588. The SMILES string of the molecule is Cc1cccc(N2CCS/C2=N\C(=O)NCC(C#N)c2ccc(-c3ncn(-c4ccc(OC(F)(F)F)cc4)n3)cc2)c1C(C)C. The van der Waals surface area contributed by atoms with E-state index in [0.29, 0.717) is 33.7 Å². The monoisotopic (exact) mass is 633 g/mol. The number of aliphatic imine (C=N–C) groups is 1. The number of benzene rings is 3. The highest BCUT2D eigenvalue weighted by Crippen LogP contribution is 2.34. The predicted molar refractivity (Wildman–Crippen MR) is 168 cm³/mol. The first kappa shape index (κ1) is 31.6. The van der Waals surface area contributed by atoms with Gasteiger partial charge < -0.3 is 15.0 Å². The molecule has 45 heavy (non-hydrogen) atoms. The third-order valence-corrected chi connectivity index (χ3v) is 8.11. The van der Waals surface area contributed by atoms with Crippen LogP contribution in [0.1, 0.15) is 42.4 Å². The summed E-state index contributed by atoms with van der Waals surface area (Å²) in [5, 5.41) is 17.6. The molecule has 5 rings (SSSR count). The number of thioether (sulfide) groups is 1. The highest BCUT2D eigenvalue weighted by atomic mass is 32.2. The molecule has 0 aliphatic carbocycles. The molecule has 1 unspecified atom stereocenters. The van der Waals surface area contributed by atoms with Crippen LogP contribution in [-0.4, -0.2) is 51.2 Å². The van der Waals surface area contributed by atoms with Crippen LogP contribution in [0.25, 0.3) is 17.1 Å². The molecule has 13 heteroatoms. The Kier molecular flexibility index (Phi) is 9.43. The molecule has 3 aromatic carbocycles. The lowest BCUT2D eigenvalue weighted by molar-refractivity contribution is -0.274. The van der Waals surface area contributed by atoms with Gasteiger partial charge in [-0.25, -0.2) is 14.5 Å². The Morgan fingerprint density at radius 1 is 1.13 bits per heavy atom. The number of hydrogen-bond donors (Lipinski definition) is 1. The number of hydrogen-bond acceptors (Lipinski definition) is 6. The number of carbonyl (C=O) groups is 1. The minimum Gasteiger partial charge on any atom is -0.406 e. The molecule has 9 nitrogen and oxygen atoms in total. The van der Waals surface area contributed by atoms with E-state index in [-0.39, 0.29) is 12.3 Å². The zero-order chi connectivity index (χ0) is 32.1. The number of aryl methyl sites for hydroxylation is 1. The van der Waals surface area contributed by atoms with E-state index in [9.17, 15) is 23.2 Å². The third kappa shape index (κ3) is 7.64. The molecule has 4 aromatic rings. The normalized spacial score (nSPS) is 14.9. The van der Waals surface area contributed by atoms with E-state index in [2.05, 4.69) is 69.0 Å². The highest BCUT2D eigenvalue weighted by Gasteiger charge is 2.31. The lowest BCUT2D eigenvalue weighted by atomic mass is 9.95. The number of aromatic nitrogens is 3. The average Bonchev–Trinajstić information content (AvgIpc) is 3.67. The zero-order valence-electron chi connectivity index (χ0n) is 24.7. The summed E-state index contributed by atoms with van der Waals surface area (Å²) in [6.07, 6.45) is -3.32. The van der Waals surface area contributed by atoms with Gasteiger partial charge in [-0.2, -0.15) is 10.3 Å². The maximum atomic E-state index is 12.8. The van der Waals surface area contributed by atoms with E-state index in [1.54, 1.807) is 24.3 Å². The van der Waals surface area contributed by atoms with Crippen molar-refractivity contribution in [2.75, 3.05) is 23.7 Å². The number of amidine groups is 1. The Morgan fingerprint density at radius 3 is 2.53 bits per heavy atom. The molecule has 0 spiro atoms. The number of nitriles is 1. The molecule has 2 amide bonds. The average molecular weight is 634 g/mol. The van der Waals surface area contributed by atoms with Crippen LogP contribution < -0.4 is 15.0 Å². The van der Waals surface area contributed by atoms with E-state index >= 15 is 0 Å². The van der Waals surface area contributed by atoms with Crippen molar-refractivity contribution in [3.8, 4) is 28.9 Å². The Balaban J connectivity index is 1.22. The first-order valence-corrected chi connectivity index (χ1v) is 15.1. The number of halogens is 3. The number of rotatable bonds is 8. The van der Waals surface area contributed by atoms with Gasteiger partial charge >= 0.3 is 12.4 Å². The van der Waals surface area contributed by atoms with Crippen LogP contribution in [0.3, 0.4) is 0 Å². The number of carbonyl (C=O) groups excluding carboxylic acids is 1. The summed E-state index contributed by atoms with van der Waals surface area (Å²) in [7, 11) is 0. The molecule has 1 aromatic heterocycles. The van der Waals surface area contributed by atoms with Gasteiger partial charge in [0.2, 0.25) is 0 Å². The molecule has 1 saturated heterocycles. The molecule has 232 valence electrons. The minimum absolute atomic E-state index is 0.0821. The van der Waals surface area contributed by atoms with Crippen LogP contribution in [-0.2, 0) is 0 Å². The van der Waals surface area contributed by atoms with Crippen LogP contribution in [0.4, 0.5) is 23.7 Å². The lowest BCUT2D eigenvalue weighted by Crippen LogP contribution is -2.30. The maximum Gasteiger partial charge on any atom is 0.573 e. The van der Waals surface area contributed by atoms with Crippen LogP contribution in [0, 0.1) is 18.3 Å². The van der Waals surface area contributed by atoms with E-state index in [1.165, 1.54) is 58.2 Å². The van der Waals surface area contributed by atoms with Gasteiger partial charge in [-0.3, -0.25) is 0 Å². The second kappa shape index (κ2) is 13.4. The molecule has 0 saturated carbocycles. The Morgan fingerprint density at radius 2 is 1.87 bits per heavy atom. The van der Waals surface area contributed by atoms with Gasteiger partial charge in [0.05, 0.1) is 17.7 Å². The molecule has 1 aliphatic rings. The van der Waals surface area contributed by atoms with Gasteiger partial charge in [0, 0.05) is 30.1 Å². The Bertz CT molecular complexity index is 1730. The summed E-state index contributed by atoms with van der Waals surface area (Å²) >= 11 is 1.53. The summed E-state index contributed by atoms with van der Waals surface area (Å²) in [5.41, 5.74) is 5.37. The van der Waals surface area contributed by atoms with Crippen molar-refractivity contribution < 1.29 is 22.7 Å². The van der Waals surface area contributed by atoms with Crippen LogP contribution in [0.15, 0.2) is 78.0 Å². The van der Waals surface area contributed by atoms with Gasteiger partial charge in [0.15, 0.2) is 11.0 Å². The van der Waals surface area contributed by atoms with Gasteiger partial charge in [0.25, 0.3) is 0 Å². The molecule has 1 atom stereocenters. The van der Waals surface area contributed by atoms with Gasteiger partial charge in [-0.05, 0) is 59.9 Å². The largest absolute Gasteiger partial charge is 0.573 e. The lowest BCUT2D eigenvalue weighted by Gasteiger charge is -2.24. The standard InChI is InChI=1S/C32H30F3N7O2S/c1-20(2)28-21(3)5-4-6-27(28)41-15-16-45-31(41)39-30(43)37-18-24(17-36)22-7-9-23(10-8-22)29-38-19-42(40-29)25-11-13-26(14-12-25)44-32(33,34)35/h4-14,19-20,24H,15-16,18H2,1-3H3,(H,37,43)/b39-31-. The van der Waals surface area contributed by atoms with E-state index < -0.39 is 18.3 Å². The molecular formula is C32H30F3N7O2S. The van der Waals surface area contributed by atoms with Crippen molar-refractivity contribution in [3.05, 3.63) is 89.7 Å². The quantitative estimate of drug-likeness (QED) is 0.219. The van der Waals surface area contributed by atoms with Gasteiger partial charge in [-0.1, -0.05) is 62.0 Å². The van der Waals surface area contributed by atoms with Crippen molar-refractivity contribution in [2.24, 2.45) is 4.99 Å². The predicted octanol–water partition coefficient (Wildman–Crippen LogP) is 7.19. The third-order valence-electron chi connectivity index (χ3n) is 7.15. The summed E-state index contributed by atoms with van der Waals surface area (Å²) < 4.78 is 42.6. The first-order valence-electron chi connectivity index (χ1n) is 14.2. The van der Waals surface area contributed by atoms with Gasteiger partial charge in [0.1, 0.15) is 12.1 Å². The van der Waals surface area contributed by atoms with Crippen molar-refractivity contribution in [1.29, 1.82) is 5.26 Å². The van der Waals surface area contributed by atoms with E-state index in [1.807, 2.05) is 6.07 Å². The van der Waals surface area contributed by atoms with E-state index in [0.717, 1.165) is 18.0 Å². The fourth-order valence-corrected chi connectivity index (χ4v) is 6.06. The number of urea groups is 1. The topological polar surface area (TPSA) is 108 Å². The molecule has 1 aliphatic heterocycles. The van der Waals surface area contributed by atoms with Crippen molar-refractivity contribution in [3.63, 3.8) is 0 Å². The fourth-order valence-electron chi connectivity index (χ4n) is 5.11. The minimum atomic E-state index is -4.77. The second-order valence-electron chi connectivity index (χ2n) is 10.6. The van der Waals surface area contributed by atoms with Crippen molar-refractivity contribution >= 4 is 28.6 Å². The van der Waals surface area contributed by atoms with Gasteiger partial charge in [-0.15, -0.1) is 18.3 Å². The molecule has 1 fully saturated rings. The second-order valence-corrected chi connectivity index (χ2v) is 11.7. The summed E-state index contributed by atoms with van der Waals surface area (Å²) in [4.78, 5) is 23.5. The maximum absolute atomic E-state index is 12.8. The van der Waals surface area contributed by atoms with Crippen molar-refractivity contribution in [1.82, 2.24) is 20.1 Å². The number of anilines is 1. The molecule has 2 heterocycles. The zero-order valence-corrected chi connectivity index (χ0v) is 25.6. The number of nitrogens with one attached hydrogen (secondary N) is 1. The first-order chi connectivity index (χ1) is 21.5. The van der Waals surface area contributed by atoms with Crippen LogP contribution in [0.2, 0.25) is 0 Å². The fraction of sp³-hybridized carbons (Fsp3) is 0.281. The Labute approximate surface area is 262 Å². The number of nitrogens with zero attached hydrogens (tertiary/aromatic N) is 6. The molecule has 0 bridgehead atoms. The molecular weight excluding hydrogens is 603 g/mol. The number of ether oxygens (including phenoxy) is 1. The van der Waals surface area contributed by atoms with Crippen LogP contribution in [0.5, 0.6) is 5.75 Å². The van der Waals surface area contributed by atoms with E-state index in [4.69, 9.17) is 0 Å². The molecule has 0 radical (unpaired) electrons. The molecule has 1 N–H and O–H groups in total. The number of amides is 2. The smallest absolute Gasteiger partial charge is 0.406 e. The summed E-state index contributed by atoms with van der Waals surface area (Å²) in [6.45, 7) is 7.23.